The molecule has 3 aromatic rings. The molecule has 3 rings (SSSR count). The molecule has 0 unspecified atom stereocenters. The Labute approximate surface area is 142 Å². The lowest BCUT2D eigenvalue weighted by Gasteiger charge is -2.09. The SMILES string of the molecule is C[C@@H](OC(=O)Cc1ccc(F)cc1)c1nnc(-c2ccc(F)cc2)o1. The third-order valence-electron chi connectivity index (χ3n) is 3.45. The number of ether oxygens (including phenoxy) is 1. The van der Waals surface area contributed by atoms with Crippen LogP contribution in [0.2, 0.25) is 0 Å². The highest BCUT2D eigenvalue weighted by Gasteiger charge is 2.19. The van der Waals surface area contributed by atoms with Crippen molar-refractivity contribution in [2.24, 2.45) is 0 Å². The van der Waals surface area contributed by atoms with Crippen molar-refractivity contribution in [2.45, 2.75) is 19.4 Å². The molecule has 0 aliphatic carbocycles. The van der Waals surface area contributed by atoms with E-state index >= 15 is 0 Å². The number of aromatic nitrogens is 2. The standard InChI is InChI=1S/C18H14F2N2O3/c1-11(24-16(23)10-12-2-6-14(19)7-3-12)17-21-22-18(25-17)13-4-8-15(20)9-5-13/h2-9,11H,10H2,1H3/t11-/m1/s1. The summed E-state index contributed by atoms with van der Waals surface area (Å²) >= 11 is 0. The van der Waals surface area contributed by atoms with E-state index in [9.17, 15) is 13.6 Å². The molecule has 5 nitrogen and oxygen atoms in total. The zero-order chi connectivity index (χ0) is 17.8. The minimum absolute atomic E-state index is 0.00355. The predicted molar refractivity (Wildman–Crippen MR) is 84.3 cm³/mol. The molecule has 25 heavy (non-hydrogen) atoms. The quantitative estimate of drug-likeness (QED) is 0.658. The largest absolute Gasteiger partial charge is 0.452 e. The second kappa shape index (κ2) is 7.21. The van der Waals surface area contributed by atoms with Gasteiger partial charge in [-0.05, 0) is 48.9 Å². The number of carbonyl (C=O) groups excluding carboxylic acids is 1. The van der Waals surface area contributed by atoms with Gasteiger partial charge in [-0.1, -0.05) is 12.1 Å². The van der Waals surface area contributed by atoms with E-state index in [1.807, 2.05) is 0 Å². The number of nitrogens with zero attached hydrogens (tertiary/aromatic N) is 2. The van der Waals surface area contributed by atoms with Gasteiger partial charge in [-0.2, -0.15) is 0 Å². The molecule has 0 amide bonds. The normalized spacial score (nSPS) is 12.0. The minimum Gasteiger partial charge on any atom is -0.452 e. The first-order chi connectivity index (χ1) is 12.0. The van der Waals surface area contributed by atoms with Crippen molar-refractivity contribution in [3.63, 3.8) is 0 Å². The molecule has 0 fully saturated rings. The number of rotatable bonds is 5. The zero-order valence-electron chi connectivity index (χ0n) is 13.3. The smallest absolute Gasteiger partial charge is 0.311 e. The molecule has 0 saturated heterocycles. The summed E-state index contributed by atoms with van der Waals surface area (Å²) in [6, 6.07) is 11.2. The Hall–Kier alpha value is -3.09. The third kappa shape index (κ3) is 4.26. The van der Waals surface area contributed by atoms with Gasteiger partial charge in [0.25, 0.3) is 5.89 Å². The highest BCUT2D eigenvalue weighted by atomic mass is 19.1. The second-order valence-corrected chi connectivity index (χ2v) is 5.39. The molecule has 7 heteroatoms. The van der Waals surface area contributed by atoms with Crippen molar-refractivity contribution < 1.29 is 22.7 Å². The van der Waals surface area contributed by atoms with Crippen LogP contribution < -0.4 is 0 Å². The van der Waals surface area contributed by atoms with E-state index in [2.05, 4.69) is 10.2 Å². The third-order valence-corrected chi connectivity index (χ3v) is 3.45. The van der Waals surface area contributed by atoms with Gasteiger partial charge in [-0.15, -0.1) is 10.2 Å². The molecule has 0 spiro atoms. The van der Waals surface area contributed by atoms with Crippen LogP contribution in [-0.2, 0) is 16.0 Å². The van der Waals surface area contributed by atoms with Crippen LogP contribution in [0.5, 0.6) is 0 Å². The highest BCUT2D eigenvalue weighted by Crippen LogP contribution is 2.22. The van der Waals surface area contributed by atoms with Gasteiger partial charge < -0.3 is 9.15 Å². The van der Waals surface area contributed by atoms with E-state index in [1.54, 1.807) is 6.92 Å². The van der Waals surface area contributed by atoms with Crippen molar-refractivity contribution in [2.75, 3.05) is 0 Å². The van der Waals surface area contributed by atoms with E-state index < -0.39 is 12.1 Å². The number of esters is 1. The fraction of sp³-hybridized carbons (Fsp3) is 0.167. The molecule has 1 atom stereocenters. The van der Waals surface area contributed by atoms with Crippen LogP contribution in [0.15, 0.2) is 52.9 Å². The van der Waals surface area contributed by atoms with Gasteiger partial charge in [0.2, 0.25) is 5.89 Å². The molecule has 2 aromatic carbocycles. The van der Waals surface area contributed by atoms with Crippen LogP contribution in [0.3, 0.4) is 0 Å². The molecule has 128 valence electrons. The molecule has 1 heterocycles. The highest BCUT2D eigenvalue weighted by molar-refractivity contribution is 5.72. The predicted octanol–water partition coefficient (Wildman–Crippen LogP) is 3.86. The molecule has 0 aliphatic rings. The fourth-order valence-corrected chi connectivity index (χ4v) is 2.17. The summed E-state index contributed by atoms with van der Waals surface area (Å²) in [4.78, 5) is 11.9. The Balaban J connectivity index is 1.63. The van der Waals surface area contributed by atoms with Crippen LogP contribution in [0, 0.1) is 11.6 Å². The second-order valence-electron chi connectivity index (χ2n) is 5.39. The molecule has 0 saturated carbocycles. The Bertz CT molecular complexity index is 861. The van der Waals surface area contributed by atoms with Crippen molar-refractivity contribution >= 4 is 5.97 Å². The summed E-state index contributed by atoms with van der Waals surface area (Å²) in [6.45, 7) is 1.60. The zero-order valence-corrected chi connectivity index (χ0v) is 13.3. The average Bonchev–Trinajstić information content (AvgIpc) is 3.08. The average molecular weight is 344 g/mol. The maximum absolute atomic E-state index is 12.9. The molecule has 0 aliphatic heterocycles. The molecule has 0 bridgehead atoms. The van der Waals surface area contributed by atoms with E-state index in [0.29, 0.717) is 11.1 Å². The van der Waals surface area contributed by atoms with Gasteiger partial charge in [0, 0.05) is 5.56 Å². The maximum Gasteiger partial charge on any atom is 0.311 e. The number of hydrogen-bond acceptors (Lipinski definition) is 5. The number of benzene rings is 2. The maximum atomic E-state index is 12.9. The molecule has 1 aromatic heterocycles. The lowest BCUT2D eigenvalue weighted by Crippen LogP contribution is -2.11. The minimum atomic E-state index is -0.741. The van der Waals surface area contributed by atoms with E-state index in [1.165, 1.54) is 48.5 Å². The summed E-state index contributed by atoms with van der Waals surface area (Å²) in [5.74, 6) is -0.903. The van der Waals surface area contributed by atoms with Crippen molar-refractivity contribution in [3.8, 4) is 11.5 Å². The number of hydrogen-bond donors (Lipinski definition) is 0. The van der Waals surface area contributed by atoms with Crippen molar-refractivity contribution in [1.82, 2.24) is 10.2 Å². The molecule has 0 radical (unpaired) electrons. The fourth-order valence-electron chi connectivity index (χ4n) is 2.17. The Morgan fingerprint density at radius 3 is 2.28 bits per heavy atom. The van der Waals surface area contributed by atoms with Gasteiger partial charge in [0.1, 0.15) is 11.6 Å². The van der Waals surface area contributed by atoms with E-state index in [4.69, 9.17) is 9.15 Å². The van der Waals surface area contributed by atoms with Crippen LogP contribution in [0.25, 0.3) is 11.5 Å². The Morgan fingerprint density at radius 1 is 1.04 bits per heavy atom. The Kier molecular flexibility index (Phi) is 4.83. The lowest BCUT2D eigenvalue weighted by molar-refractivity contribution is -0.148. The van der Waals surface area contributed by atoms with Gasteiger partial charge in [-0.25, -0.2) is 8.78 Å². The molecule has 0 N–H and O–H groups in total. The summed E-state index contributed by atoms with van der Waals surface area (Å²) < 4.78 is 36.5. The van der Waals surface area contributed by atoms with Crippen molar-refractivity contribution in [1.29, 1.82) is 0 Å². The summed E-state index contributed by atoms with van der Waals surface area (Å²) in [7, 11) is 0. The summed E-state index contributed by atoms with van der Waals surface area (Å²) in [5.41, 5.74) is 1.20. The van der Waals surface area contributed by atoms with Gasteiger partial charge in [0.15, 0.2) is 6.10 Å². The van der Waals surface area contributed by atoms with E-state index in [-0.39, 0.29) is 29.8 Å². The van der Waals surface area contributed by atoms with Gasteiger partial charge in [-0.3, -0.25) is 4.79 Å². The first-order valence-corrected chi connectivity index (χ1v) is 7.54. The summed E-state index contributed by atoms with van der Waals surface area (Å²) in [5, 5.41) is 7.72. The number of carbonyl (C=O) groups is 1. The van der Waals surface area contributed by atoms with Crippen LogP contribution in [-0.4, -0.2) is 16.2 Å². The van der Waals surface area contributed by atoms with Gasteiger partial charge in [0.05, 0.1) is 6.42 Å². The number of halogens is 2. The van der Waals surface area contributed by atoms with Crippen LogP contribution in [0.4, 0.5) is 8.78 Å². The monoisotopic (exact) mass is 344 g/mol. The van der Waals surface area contributed by atoms with Crippen molar-refractivity contribution in [3.05, 3.63) is 71.6 Å². The topological polar surface area (TPSA) is 65.2 Å². The molecular formula is C18H14F2N2O3. The van der Waals surface area contributed by atoms with E-state index in [0.717, 1.165) is 0 Å². The first kappa shape index (κ1) is 16.8. The van der Waals surface area contributed by atoms with Crippen LogP contribution in [0.1, 0.15) is 24.5 Å². The van der Waals surface area contributed by atoms with Crippen LogP contribution >= 0.6 is 0 Å². The lowest BCUT2D eigenvalue weighted by atomic mass is 10.1. The molecular weight excluding hydrogens is 330 g/mol. The first-order valence-electron chi connectivity index (χ1n) is 7.54. The summed E-state index contributed by atoms with van der Waals surface area (Å²) in [6.07, 6.45) is -0.738. The van der Waals surface area contributed by atoms with Gasteiger partial charge >= 0.3 is 5.97 Å². The Morgan fingerprint density at radius 2 is 1.64 bits per heavy atom.